The second-order valence-corrected chi connectivity index (χ2v) is 5.38. The number of nitrogens with one attached hydrogen (secondary N) is 2. The summed E-state index contributed by atoms with van der Waals surface area (Å²) in [5.74, 6) is -0.125. The van der Waals surface area contributed by atoms with E-state index in [1.54, 1.807) is 17.8 Å². The molecule has 1 saturated heterocycles. The molecule has 0 aliphatic carbocycles. The molecule has 2 rings (SSSR count). The number of benzene rings is 1. The predicted octanol–water partition coefficient (Wildman–Crippen LogP) is 0.863. The van der Waals surface area contributed by atoms with Crippen LogP contribution < -0.4 is 10.6 Å². The van der Waals surface area contributed by atoms with Crippen LogP contribution in [-0.2, 0) is 0 Å². The summed E-state index contributed by atoms with van der Waals surface area (Å²) in [6, 6.07) is 7.49. The predicted molar refractivity (Wildman–Crippen MR) is 73.0 cm³/mol. The summed E-state index contributed by atoms with van der Waals surface area (Å²) in [4.78, 5) is 13.0. The van der Waals surface area contributed by atoms with E-state index in [9.17, 15) is 9.90 Å². The Morgan fingerprint density at radius 1 is 1.56 bits per heavy atom. The molecule has 0 radical (unpaired) electrons. The van der Waals surface area contributed by atoms with E-state index in [-0.39, 0.29) is 5.91 Å². The molecule has 0 aromatic heterocycles. The third kappa shape index (κ3) is 3.04. The van der Waals surface area contributed by atoms with Gasteiger partial charge < -0.3 is 15.7 Å². The molecule has 3 N–H and O–H groups in total. The molecule has 1 fully saturated rings. The van der Waals surface area contributed by atoms with Gasteiger partial charge in [-0.25, -0.2) is 0 Å². The largest absolute Gasteiger partial charge is 0.387 e. The first-order valence-corrected chi connectivity index (χ1v) is 7.21. The van der Waals surface area contributed by atoms with Crippen LogP contribution in [0.3, 0.4) is 0 Å². The third-order valence-electron chi connectivity index (χ3n) is 3.15. The second kappa shape index (κ2) is 5.73. The molecular weight excluding hydrogens is 248 g/mol. The van der Waals surface area contributed by atoms with E-state index < -0.39 is 5.60 Å². The fourth-order valence-electron chi connectivity index (χ4n) is 2.05. The summed E-state index contributed by atoms with van der Waals surface area (Å²) < 4.78 is 0. The molecule has 1 unspecified atom stereocenters. The molecule has 1 aromatic carbocycles. The van der Waals surface area contributed by atoms with Crippen molar-refractivity contribution in [1.82, 2.24) is 10.6 Å². The Bertz CT molecular complexity index is 431. The van der Waals surface area contributed by atoms with Crippen molar-refractivity contribution in [3.8, 4) is 0 Å². The van der Waals surface area contributed by atoms with Crippen molar-refractivity contribution in [2.75, 3.05) is 25.9 Å². The molecule has 1 heterocycles. The smallest absolute Gasteiger partial charge is 0.252 e. The summed E-state index contributed by atoms with van der Waals surface area (Å²) in [5, 5.41) is 16.0. The first-order valence-electron chi connectivity index (χ1n) is 5.99. The van der Waals surface area contributed by atoms with Crippen LogP contribution in [-0.4, -0.2) is 42.5 Å². The highest BCUT2D eigenvalue weighted by molar-refractivity contribution is 7.98. The van der Waals surface area contributed by atoms with Crippen LogP contribution in [0.2, 0.25) is 0 Å². The van der Waals surface area contributed by atoms with Crippen LogP contribution in [0.15, 0.2) is 29.2 Å². The van der Waals surface area contributed by atoms with Gasteiger partial charge in [-0.1, -0.05) is 12.1 Å². The second-order valence-electron chi connectivity index (χ2n) is 4.53. The van der Waals surface area contributed by atoms with Gasteiger partial charge in [0.2, 0.25) is 0 Å². The van der Waals surface area contributed by atoms with Gasteiger partial charge in [0.25, 0.3) is 5.91 Å². The van der Waals surface area contributed by atoms with Gasteiger partial charge in [0.05, 0.1) is 11.2 Å². The minimum Gasteiger partial charge on any atom is -0.387 e. The summed E-state index contributed by atoms with van der Waals surface area (Å²) >= 11 is 1.55. The Morgan fingerprint density at radius 2 is 2.33 bits per heavy atom. The van der Waals surface area contributed by atoms with Gasteiger partial charge >= 0.3 is 0 Å². The maximum atomic E-state index is 12.1. The maximum Gasteiger partial charge on any atom is 0.252 e. The Hall–Kier alpha value is -1.04. The average molecular weight is 266 g/mol. The average Bonchev–Trinajstić information content (AvgIpc) is 2.83. The molecule has 0 saturated carbocycles. The van der Waals surface area contributed by atoms with E-state index in [0.717, 1.165) is 11.4 Å². The SMILES string of the molecule is CSc1ccccc1C(=O)NCC1(O)CCNC1. The Balaban J connectivity index is 1.99. The zero-order chi connectivity index (χ0) is 13.0. The standard InChI is InChI=1S/C13H18N2O2S/c1-18-11-5-3-2-4-10(11)12(16)15-9-13(17)6-7-14-8-13/h2-5,14,17H,6-9H2,1H3,(H,15,16). The van der Waals surface area contributed by atoms with Crippen LogP contribution in [0.4, 0.5) is 0 Å². The van der Waals surface area contributed by atoms with Crippen molar-refractivity contribution in [3.05, 3.63) is 29.8 Å². The highest BCUT2D eigenvalue weighted by Crippen LogP contribution is 2.20. The van der Waals surface area contributed by atoms with Crippen molar-refractivity contribution in [2.45, 2.75) is 16.9 Å². The zero-order valence-corrected chi connectivity index (χ0v) is 11.2. The topological polar surface area (TPSA) is 61.4 Å². The van der Waals surface area contributed by atoms with Gasteiger partial charge in [-0.15, -0.1) is 11.8 Å². The van der Waals surface area contributed by atoms with Crippen molar-refractivity contribution in [2.24, 2.45) is 0 Å². The van der Waals surface area contributed by atoms with Gasteiger partial charge in [-0.05, 0) is 31.4 Å². The lowest BCUT2D eigenvalue weighted by Gasteiger charge is -2.21. The molecule has 5 heteroatoms. The Kier molecular flexibility index (Phi) is 4.27. The molecule has 1 aliphatic rings. The number of β-amino-alcohol motifs (C(OH)–C–C–N with tert-alkyl or cyclic N) is 1. The van der Waals surface area contributed by atoms with E-state index in [4.69, 9.17) is 0 Å². The number of carbonyl (C=O) groups is 1. The van der Waals surface area contributed by atoms with E-state index in [2.05, 4.69) is 10.6 Å². The molecule has 0 bridgehead atoms. The highest BCUT2D eigenvalue weighted by Gasteiger charge is 2.31. The number of hydrogen-bond acceptors (Lipinski definition) is 4. The molecule has 1 atom stereocenters. The lowest BCUT2D eigenvalue weighted by Crippen LogP contribution is -2.44. The fraction of sp³-hybridized carbons (Fsp3) is 0.462. The molecule has 98 valence electrons. The van der Waals surface area contributed by atoms with Crippen molar-refractivity contribution in [1.29, 1.82) is 0 Å². The van der Waals surface area contributed by atoms with Crippen molar-refractivity contribution in [3.63, 3.8) is 0 Å². The van der Waals surface area contributed by atoms with Crippen LogP contribution in [0.1, 0.15) is 16.8 Å². The molecule has 0 spiro atoms. The van der Waals surface area contributed by atoms with E-state index in [1.807, 2.05) is 24.5 Å². The number of hydrogen-bond donors (Lipinski definition) is 3. The summed E-state index contributed by atoms with van der Waals surface area (Å²) in [6.45, 7) is 1.63. The molecule has 1 aliphatic heterocycles. The van der Waals surface area contributed by atoms with Crippen molar-refractivity contribution >= 4 is 17.7 Å². The van der Waals surface area contributed by atoms with Crippen molar-refractivity contribution < 1.29 is 9.90 Å². The minimum absolute atomic E-state index is 0.125. The number of thioether (sulfide) groups is 1. The first kappa shape index (κ1) is 13.4. The summed E-state index contributed by atoms with van der Waals surface area (Å²) in [5.41, 5.74) is -0.135. The van der Waals surface area contributed by atoms with E-state index in [1.165, 1.54) is 0 Å². The number of amides is 1. The lowest BCUT2D eigenvalue weighted by atomic mass is 10.0. The summed E-state index contributed by atoms with van der Waals surface area (Å²) in [6.07, 6.45) is 2.62. The van der Waals surface area contributed by atoms with Gasteiger partial charge in [-0.3, -0.25) is 4.79 Å². The minimum atomic E-state index is -0.802. The lowest BCUT2D eigenvalue weighted by molar-refractivity contribution is 0.0561. The normalized spacial score (nSPS) is 23.0. The number of rotatable bonds is 4. The molecule has 1 aromatic rings. The molecule has 1 amide bonds. The molecule has 18 heavy (non-hydrogen) atoms. The molecular formula is C13H18N2O2S. The van der Waals surface area contributed by atoms with E-state index >= 15 is 0 Å². The Labute approximate surface area is 111 Å². The molecule has 4 nitrogen and oxygen atoms in total. The van der Waals surface area contributed by atoms with Crippen LogP contribution >= 0.6 is 11.8 Å². The van der Waals surface area contributed by atoms with Gasteiger partial charge in [-0.2, -0.15) is 0 Å². The Morgan fingerprint density at radius 3 is 3.00 bits per heavy atom. The maximum absolute atomic E-state index is 12.1. The zero-order valence-electron chi connectivity index (χ0n) is 10.4. The summed E-state index contributed by atoms with van der Waals surface area (Å²) in [7, 11) is 0. The number of carbonyl (C=O) groups excluding carboxylic acids is 1. The van der Waals surface area contributed by atoms with Gasteiger partial charge in [0.1, 0.15) is 0 Å². The van der Waals surface area contributed by atoms with E-state index in [0.29, 0.717) is 25.1 Å². The van der Waals surface area contributed by atoms with Gasteiger partial charge in [0, 0.05) is 18.0 Å². The first-order chi connectivity index (χ1) is 8.64. The van der Waals surface area contributed by atoms with Crippen LogP contribution in [0.5, 0.6) is 0 Å². The highest BCUT2D eigenvalue weighted by atomic mass is 32.2. The third-order valence-corrected chi connectivity index (χ3v) is 3.95. The van der Waals surface area contributed by atoms with Crippen LogP contribution in [0, 0.1) is 0 Å². The fourth-order valence-corrected chi connectivity index (χ4v) is 2.65. The monoisotopic (exact) mass is 266 g/mol. The quantitative estimate of drug-likeness (QED) is 0.708. The van der Waals surface area contributed by atoms with Crippen LogP contribution in [0.25, 0.3) is 0 Å². The number of aliphatic hydroxyl groups is 1. The van der Waals surface area contributed by atoms with Gasteiger partial charge in [0.15, 0.2) is 0 Å².